The molecule has 0 amide bonds. The molecule has 0 aliphatic carbocycles. The second-order valence-corrected chi connectivity index (χ2v) is 6.97. The van der Waals surface area contributed by atoms with Crippen molar-refractivity contribution in [1.29, 1.82) is 0 Å². The van der Waals surface area contributed by atoms with Crippen LogP contribution in [0.5, 0.6) is 5.75 Å². The van der Waals surface area contributed by atoms with Crippen molar-refractivity contribution in [3.05, 3.63) is 51.9 Å². The van der Waals surface area contributed by atoms with Crippen LogP contribution in [-0.4, -0.2) is 41.3 Å². The zero-order valence-electron chi connectivity index (χ0n) is 13.2. The van der Waals surface area contributed by atoms with Crippen molar-refractivity contribution in [3.8, 4) is 5.75 Å². The van der Waals surface area contributed by atoms with Crippen LogP contribution in [0.25, 0.3) is 10.2 Å². The van der Waals surface area contributed by atoms with Crippen molar-refractivity contribution in [2.45, 2.75) is 6.54 Å². The highest BCUT2D eigenvalue weighted by molar-refractivity contribution is 7.17. The Hall–Kier alpha value is -2.38. The Labute approximate surface area is 143 Å². The number of rotatable bonds is 3. The second-order valence-electron chi connectivity index (χ2n) is 6.05. The highest BCUT2D eigenvalue weighted by Crippen LogP contribution is 2.26. The number of benzene rings is 1. The number of fused-ring (bicyclic) bond motifs is 1. The molecule has 124 valence electrons. The Morgan fingerprint density at radius 2 is 2.04 bits per heavy atom. The number of para-hydroxylation sites is 2. The Balaban J connectivity index is 1.44. The molecule has 3 N–H and O–H groups in total. The van der Waals surface area contributed by atoms with Gasteiger partial charge in [0.25, 0.3) is 5.56 Å². The molecule has 0 atom stereocenters. The highest BCUT2D eigenvalue weighted by Gasteiger charge is 2.22. The summed E-state index contributed by atoms with van der Waals surface area (Å²) in [4.78, 5) is 23.1. The maximum Gasteiger partial charge on any atom is 0.269 e. The van der Waals surface area contributed by atoms with Crippen LogP contribution in [0.4, 0.5) is 5.69 Å². The van der Waals surface area contributed by atoms with Gasteiger partial charge in [0, 0.05) is 0 Å². The molecule has 2 aromatic heterocycles. The van der Waals surface area contributed by atoms with Gasteiger partial charge in [-0.05, 0) is 23.6 Å². The summed E-state index contributed by atoms with van der Waals surface area (Å²) in [7, 11) is 0. The third-order valence-corrected chi connectivity index (χ3v) is 5.38. The van der Waals surface area contributed by atoms with Crippen LogP contribution < -0.4 is 15.4 Å². The van der Waals surface area contributed by atoms with Gasteiger partial charge in [-0.25, -0.2) is 4.98 Å². The molecule has 24 heavy (non-hydrogen) atoms. The van der Waals surface area contributed by atoms with Gasteiger partial charge in [0.1, 0.15) is 17.0 Å². The van der Waals surface area contributed by atoms with Crippen LogP contribution in [-0.2, 0) is 6.54 Å². The number of nitrogens with one attached hydrogen (secondary N) is 2. The fraction of sp³-hybridized carbons (Fsp3) is 0.294. The van der Waals surface area contributed by atoms with Crippen LogP contribution in [0.3, 0.4) is 0 Å². The van der Waals surface area contributed by atoms with Gasteiger partial charge in [-0.15, -0.1) is 11.3 Å². The molecule has 1 saturated heterocycles. The molecule has 0 spiro atoms. The molecular formula is C17H19N4O2S+. The number of H-pyrrole nitrogens is 1. The Kier molecular flexibility index (Phi) is 3.95. The molecule has 0 saturated carbocycles. The first-order valence-corrected chi connectivity index (χ1v) is 8.91. The number of quaternary nitrogens is 1. The first kappa shape index (κ1) is 15.2. The van der Waals surface area contributed by atoms with Crippen molar-refractivity contribution in [2.24, 2.45) is 0 Å². The standard InChI is InChI=1S/C17H18N4O2S/c22-14-4-2-1-3-13(14)21-8-6-20(7-9-21)11-15-18-12-5-10-24-16(12)17(23)19-15/h1-5,10,22H,6-9,11H2,(H,18,19,23)/p+1. The molecule has 1 aliphatic heterocycles. The van der Waals surface area contributed by atoms with E-state index in [1.165, 1.54) is 16.2 Å². The van der Waals surface area contributed by atoms with E-state index in [1.807, 2.05) is 29.6 Å². The quantitative estimate of drug-likeness (QED) is 0.651. The van der Waals surface area contributed by atoms with E-state index in [2.05, 4.69) is 14.9 Å². The molecule has 1 aromatic carbocycles. The normalized spacial score (nSPS) is 15.9. The van der Waals surface area contributed by atoms with E-state index in [1.54, 1.807) is 6.07 Å². The van der Waals surface area contributed by atoms with Crippen molar-refractivity contribution < 1.29 is 10.0 Å². The van der Waals surface area contributed by atoms with Gasteiger partial charge in [0.05, 0.1) is 37.4 Å². The van der Waals surface area contributed by atoms with Crippen LogP contribution in [0.2, 0.25) is 0 Å². The van der Waals surface area contributed by atoms with E-state index in [0.29, 0.717) is 10.4 Å². The third-order valence-electron chi connectivity index (χ3n) is 4.47. The van der Waals surface area contributed by atoms with E-state index >= 15 is 0 Å². The monoisotopic (exact) mass is 343 g/mol. The Morgan fingerprint density at radius 3 is 2.83 bits per heavy atom. The predicted octanol–water partition coefficient (Wildman–Crippen LogP) is 0.595. The van der Waals surface area contributed by atoms with Gasteiger partial charge in [0.15, 0.2) is 5.82 Å². The zero-order chi connectivity index (χ0) is 16.5. The molecule has 0 unspecified atom stereocenters. The highest BCUT2D eigenvalue weighted by atomic mass is 32.1. The maximum absolute atomic E-state index is 12.0. The molecule has 0 bridgehead atoms. The molecule has 3 aromatic rings. The van der Waals surface area contributed by atoms with Gasteiger partial charge in [0.2, 0.25) is 0 Å². The minimum absolute atomic E-state index is 0.0442. The number of phenols is 1. The van der Waals surface area contributed by atoms with Crippen molar-refractivity contribution >= 4 is 27.2 Å². The summed E-state index contributed by atoms with van der Waals surface area (Å²) >= 11 is 1.42. The minimum atomic E-state index is -0.0442. The molecular weight excluding hydrogens is 324 g/mol. The Bertz CT molecular complexity index is 912. The fourth-order valence-electron chi connectivity index (χ4n) is 3.21. The van der Waals surface area contributed by atoms with Crippen molar-refractivity contribution in [2.75, 3.05) is 31.1 Å². The van der Waals surface area contributed by atoms with Crippen LogP contribution in [0, 0.1) is 0 Å². The van der Waals surface area contributed by atoms with Gasteiger partial charge in [-0.1, -0.05) is 12.1 Å². The van der Waals surface area contributed by atoms with Gasteiger partial charge < -0.3 is 19.9 Å². The van der Waals surface area contributed by atoms with Gasteiger partial charge in [-0.3, -0.25) is 4.79 Å². The van der Waals surface area contributed by atoms with Crippen molar-refractivity contribution in [3.63, 3.8) is 0 Å². The van der Waals surface area contributed by atoms with Gasteiger partial charge >= 0.3 is 0 Å². The zero-order valence-corrected chi connectivity index (χ0v) is 14.0. The lowest BCUT2D eigenvalue weighted by Crippen LogP contribution is -3.13. The number of hydrogen-bond acceptors (Lipinski definition) is 5. The van der Waals surface area contributed by atoms with E-state index in [0.717, 1.165) is 49.8 Å². The first-order valence-electron chi connectivity index (χ1n) is 8.03. The summed E-state index contributed by atoms with van der Waals surface area (Å²) in [6.45, 7) is 4.35. The summed E-state index contributed by atoms with van der Waals surface area (Å²) in [6, 6.07) is 9.34. The molecule has 1 fully saturated rings. The number of aromatic amines is 1. The van der Waals surface area contributed by atoms with Crippen LogP contribution in [0.15, 0.2) is 40.5 Å². The summed E-state index contributed by atoms with van der Waals surface area (Å²) < 4.78 is 0.693. The maximum atomic E-state index is 12.0. The summed E-state index contributed by atoms with van der Waals surface area (Å²) in [6.07, 6.45) is 0. The first-order chi connectivity index (χ1) is 11.7. The number of hydrogen-bond donors (Lipinski definition) is 3. The second kappa shape index (κ2) is 6.26. The number of phenolic OH excluding ortho intramolecular Hbond substituents is 1. The number of aromatic hydroxyl groups is 1. The molecule has 7 heteroatoms. The minimum Gasteiger partial charge on any atom is -0.506 e. The number of nitrogens with zero attached hydrogens (tertiary/aromatic N) is 2. The fourth-order valence-corrected chi connectivity index (χ4v) is 3.94. The summed E-state index contributed by atoms with van der Waals surface area (Å²) in [5.41, 5.74) is 1.63. The SMILES string of the molecule is O=c1[nH]c(C[NH+]2CCN(c3ccccc3O)CC2)nc2ccsc12. The number of anilines is 1. The molecule has 1 aliphatic rings. The van der Waals surface area contributed by atoms with E-state index in [-0.39, 0.29) is 5.56 Å². The molecule has 4 rings (SSSR count). The number of piperazine rings is 1. The van der Waals surface area contributed by atoms with Crippen molar-refractivity contribution in [1.82, 2.24) is 9.97 Å². The van der Waals surface area contributed by atoms with E-state index < -0.39 is 0 Å². The molecule has 3 heterocycles. The van der Waals surface area contributed by atoms with Crippen LogP contribution in [0.1, 0.15) is 5.82 Å². The molecule has 6 nitrogen and oxygen atoms in total. The summed E-state index contributed by atoms with van der Waals surface area (Å²) in [5.74, 6) is 1.08. The summed E-state index contributed by atoms with van der Waals surface area (Å²) in [5, 5.41) is 11.9. The lowest BCUT2D eigenvalue weighted by molar-refractivity contribution is -0.915. The number of thiophene rings is 1. The third kappa shape index (κ3) is 2.88. The lowest BCUT2D eigenvalue weighted by atomic mass is 10.2. The van der Waals surface area contributed by atoms with E-state index in [9.17, 15) is 9.90 Å². The smallest absolute Gasteiger partial charge is 0.269 e. The largest absolute Gasteiger partial charge is 0.506 e. The van der Waals surface area contributed by atoms with E-state index in [4.69, 9.17) is 0 Å². The number of aromatic nitrogens is 2. The van der Waals surface area contributed by atoms with Gasteiger partial charge in [-0.2, -0.15) is 0 Å². The average molecular weight is 343 g/mol. The predicted molar refractivity (Wildman–Crippen MR) is 95.0 cm³/mol. The topological polar surface area (TPSA) is 73.7 Å². The lowest BCUT2D eigenvalue weighted by Gasteiger charge is -2.33. The molecule has 0 radical (unpaired) electrons. The average Bonchev–Trinajstić information content (AvgIpc) is 3.05. The van der Waals surface area contributed by atoms with Crippen LogP contribution >= 0.6 is 11.3 Å². The Morgan fingerprint density at radius 1 is 1.25 bits per heavy atom.